The number of nitrogens with one attached hydrogen (secondary N) is 1. The van der Waals surface area contributed by atoms with Crippen LogP contribution in [0.5, 0.6) is 0 Å². The van der Waals surface area contributed by atoms with Gasteiger partial charge in [-0.15, -0.1) is 0 Å². The zero-order chi connectivity index (χ0) is 14.7. The molecule has 0 aliphatic carbocycles. The third-order valence-electron chi connectivity index (χ3n) is 3.29. The van der Waals surface area contributed by atoms with Crippen LogP contribution in [-0.4, -0.2) is 10.9 Å². The number of amides is 1. The Morgan fingerprint density at radius 1 is 1.15 bits per heavy atom. The van der Waals surface area contributed by atoms with Crippen molar-refractivity contribution < 1.29 is 4.79 Å². The summed E-state index contributed by atoms with van der Waals surface area (Å²) in [4.78, 5) is 16.2. The van der Waals surface area contributed by atoms with Gasteiger partial charge in [-0.05, 0) is 55.2 Å². The van der Waals surface area contributed by atoms with E-state index in [2.05, 4.69) is 52.2 Å². The Kier molecular flexibility index (Phi) is 4.55. The Balaban J connectivity index is 2.10. The first kappa shape index (κ1) is 14.7. The standard InChI is InChI=1S/C16H17BrN2O/c1-10-6-12(3)13(7-11(10)2)8-16(20)19-15-9-14(17)4-5-18-15/h4-7,9H,8H2,1-3H3,(H,18,19,20). The molecule has 2 rings (SSSR count). The summed E-state index contributed by atoms with van der Waals surface area (Å²) >= 11 is 3.36. The molecule has 0 saturated carbocycles. The topological polar surface area (TPSA) is 42.0 Å². The first-order valence-corrected chi connectivity index (χ1v) is 7.23. The SMILES string of the molecule is Cc1cc(C)c(CC(=O)Nc2cc(Br)ccn2)cc1C. The van der Waals surface area contributed by atoms with Crippen molar-refractivity contribution >= 4 is 27.7 Å². The Bertz CT molecular complexity index is 653. The highest BCUT2D eigenvalue weighted by atomic mass is 79.9. The van der Waals surface area contributed by atoms with E-state index in [0.29, 0.717) is 12.2 Å². The molecule has 3 nitrogen and oxygen atoms in total. The molecule has 1 aromatic heterocycles. The van der Waals surface area contributed by atoms with E-state index in [4.69, 9.17) is 0 Å². The fraction of sp³-hybridized carbons (Fsp3) is 0.250. The fourth-order valence-corrected chi connectivity index (χ4v) is 2.38. The Morgan fingerprint density at radius 3 is 2.55 bits per heavy atom. The van der Waals surface area contributed by atoms with Crippen LogP contribution in [0.3, 0.4) is 0 Å². The number of rotatable bonds is 3. The maximum Gasteiger partial charge on any atom is 0.229 e. The van der Waals surface area contributed by atoms with Gasteiger partial charge in [0.1, 0.15) is 5.82 Å². The first-order chi connectivity index (χ1) is 9.45. The molecule has 20 heavy (non-hydrogen) atoms. The predicted molar refractivity (Wildman–Crippen MR) is 84.9 cm³/mol. The summed E-state index contributed by atoms with van der Waals surface area (Å²) in [6.07, 6.45) is 2.02. The molecule has 1 N–H and O–H groups in total. The van der Waals surface area contributed by atoms with Gasteiger partial charge in [-0.1, -0.05) is 28.1 Å². The summed E-state index contributed by atoms with van der Waals surface area (Å²) in [5.41, 5.74) is 4.66. The quantitative estimate of drug-likeness (QED) is 0.924. The highest BCUT2D eigenvalue weighted by Crippen LogP contribution is 2.17. The third kappa shape index (κ3) is 3.67. The van der Waals surface area contributed by atoms with Crippen molar-refractivity contribution in [1.29, 1.82) is 0 Å². The summed E-state index contributed by atoms with van der Waals surface area (Å²) < 4.78 is 0.894. The van der Waals surface area contributed by atoms with E-state index < -0.39 is 0 Å². The van der Waals surface area contributed by atoms with Crippen LogP contribution in [0.25, 0.3) is 0 Å². The molecule has 0 fully saturated rings. The van der Waals surface area contributed by atoms with Crippen LogP contribution in [-0.2, 0) is 11.2 Å². The minimum Gasteiger partial charge on any atom is -0.310 e. The zero-order valence-electron chi connectivity index (χ0n) is 11.8. The lowest BCUT2D eigenvalue weighted by Crippen LogP contribution is -2.16. The molecular formula is C16H17BrN2O. The van der Waals surface area contributed by atoms with Gasteiger partial charge >= 0.3 is 0 Å². The fourth-order valence-electron chi connectivity index (χ4n) is 2.04. The minimum atomic E-state index is -0.0537. The van der Waals surface area contributed by atoms with Crippen molar-refractivity contribution in [1.82, 2.24) is 4.98 Å². The summed E-state index contributed by atoms with van der Waals surface area (Å²) in [5, 5.41) is 2.81. The normalized spacial score (nSPS) is 10.4. The van der Waals surface area contributed by atoms with Crippen molar-refractivity contribution in [3.05, 3.63) is 57.2 Å². The largest absolute Gasteiger partial charge is 0.310 e. The Hall–Kier alpha value is -1.68. The van der Waals surface area contributed by atoms with Crippen LogP contribution in [0.4, 0.5) is 5.82 Å². The molecule has 1 amide bonds. The van der Waals surface area contributed by atoms with E-state index in [9.17, 15) is 4.79 Å². The Labute approximate surface area is 127 Å². The molecule has 0 radical (unpaired) electrons. The molecule has 4 heteroatoms. The molecule has 1 heterocycles. The smallest absolute Gasteiger partial charge is 0.229 e. The highest BCUT2D eigenvalue weighted by molar-refractivity contribution is 9.10. The van der Waals surface area contributed by atoms with E-state index in [0.717, 1.165) is 15.6 Å². The molecule has 0 aliphatic heterocycles. The molecule has 0 unspecified atom stereocenters. The average Bonchev–Trinajstić information content (AvgIpc) is 2.36. The van der Waals surface area contributed by atoms with Crippen LogP contribution in [0.1, 0.15) is 22.3 Å². The third-order valence-corrected chi connectivity index (χ3v) is 3.79. The molecule has 0 spiro atoms. The van der Waals surface area contributed by atoms with Crippen LogP contribution in [0.15, 0.2) is 34.9 Å². The Morgan fingerprint density at radius 2 is 1.85 bits per heavy atom. The van der Waals surface area contributed by atoms with Gasteiger partial charge in [-0.3, -0.25) is 4.79 Å². The highest BCUT2D eigenvalue weighted by Gasteiger charge is 2.09. The number of aryl methyl sites for hydroxylation is 3. The van der Waals surface area contributed by atoms with Crippen LogP contribution < -0.4 is 5.32 Å². The van der Waals surface area contributed by atoms with Crippen molar-refractivity contribution in [3.63, 3.8) is 0 Å². The molecule has 0 bridgehead atoms. The summed E-state index contributed by atoms with van der Waals surface area (Å²) in [6, 6.07) is 7.81. The monoisotopic (exact) mass is 332 g/mol. The lowest BCUT2D eigenvalue weighted by atomic mass is 9.98. The van der Waals surface area contributed by atoms with Gasteiger partial charge in [0.25, 0.3) is 0 Å². The second-order valence-corrected chi connectivity index (χ2v) is 5.86. The van der Waals surface area contributed by atoms with Gasteiger partial charge in [0.05, 0.1) is 6.42 Å². The molecule has 2 aromatic rings. The maximum absolute atomic E-state index is 12.1. The van der Waals surface area contributed by atoms with Gasteiger partial charge in [-0.2, -0.15) is 0 Å². The lowest BCUT2D eigenvalue weighted by molar-refractivity contribution is -0.115. The number of benzene rings is 1. The predicted octanol–water partition coefficient (Wildman–Crippen LogP) is 3.95. The number of pyridine rings is 1. The van der Waals surface area contributed by atoms with Crippen molar-refractivity contribution in [2.24, 2.45) is 0 Å². The van der Waals surface area contributed by atoms with E-state index in [-0.39, 0.29) is 5.91 Å². The van der Waals surface area contributed by atoms with Crippen molar-refractivity contribution in [2.75, 3.05) is 5.32 Å². The molecule has 1 aromatic carbocycles. The van der Waals surface area contributed by atoms with E-state index in [1.807, 2.05) is 13.0 Å². The minimum absolute atomic E-state index is 0.0537. The van der Waals surface area contributed by atoms with E-state index >= 15 is 0 Å². The van der Waals surface area contributed by atoms with Crippen LogP contribution in [0, 0.1) is 20.8 Å². The summed E-state index contributed by atoms with van der Waals surface area (Å²) in [7, 11) is 0. The van der Waals surface area contributed by atoms with Gasteiger partial charge in [0.2, 0.25) is 5.91 Å². The summed E-state index contributed by atoms with van der Waals surface area (Å²) in [6.45, 7) is 6.18. The number of aromatic nitrogens is 1. The second kappa shape index (κ2) is 6.18. The maximum atomic E-state index is 12.1. The number of anilines is 1. The number of hydrogen-bond acceptors (Lipinski definition) is 2. The number of hydrogen-bond donors (Lipinski definition) is 1. The number of carbonyl (C=O) groups excluding carboxylic acids is 1. The van der Waals surface area contributed by atoms with Gasteiger partial charge in [-0.25, -0.2) is 4.98 Å². The zero-order valence-corrected chi connectivity index (χ0v) is 13.4. The van der Waals surface area contributed by atoms with E-state index in [1.54, 1.807) is 12.3 Å². The van der Waals surface area contributed by atoms with Gasteiger partial charge < -0.3 is 5.32 Å². The average molecular weight is 333 g/mol. The molecule has 0 saturated heterocycles. The van der Waals surface area contributed by atoms with Crippen LogP contribution >= 0.6 is 15.9 Å². The molecule has 104 valence electrons. The summed E-state index contributed by atoms with van der Waals surface area (Å²) in [5.74, 6) is 0.507. The molecule has 0 aliphatic rings. The number of carbonyl (C=O) groups is 1. The van der Waals surface area contributed by atoms with Gasteiger partial charge in [0, 0.05) is 10.7 Å². The molecule has 0 atom stereocenters. The first-order valence-electron chi connectivity index (χ1n) is 6.44. The number of halogens is 1. The van der Waals surface area contributed by atoms with Crippen molar-refractivity contribution in [3.8, 4) is 0 Å². The van der Waals surface area contributed by atoms with E-state index in [1.165, 1.54) is 11.1 Å². The lowest BCUT2D eigenvalue weighted by Gasteiger charge is -2.10. The number of nitrogens with zero attached hydrogens (tertiary/aromatic N) is 1. The molecular weight excluding hydrogens is 316 g/mol. The van der Waals surface area contributed by atoms with Gasteiger partial charge in [0.15, 0.2) is 0 Å². The van der Waals surface area contributed by atoms with Crippen molar-refractivity contribution in [2.45, 2.75) is 27.2 Å². The second-order valence-electron chi connectivity index (χ2n) is 4.95. The van der Waals surface area contributed by atoms with Crippen LogP contribution in [0.2, 0.25) is 0 Å².